The van der Waals surface area contributed by atoms with Gasteiger partial charge >= 0.3 is 0 Å². The fourth-order valence-electron chi connectivity index (χ4n) is 5.29. The first-order valence-corrected chi connectivity index (χ1v) is 12.5. The summed E-state index contributed by atoms with van der Waals surface area (Å²) in [6.45, 7) is 1.04. The second-order valence-corrected chi connectivity index (χ2v) is 9.60. The van der Waals surface area contributed by atoms with Crippen LogP contribution in [0.2, 0.25) is 0 Å². The van der Waals surface area contributed by atoms with E-state index in [-0.39, 0.29) is 55.1 Å². The average Bonchev–Trinajstić information content (AvgIpc) is 3.26. The third kappa shape index (κ3) is 5.38. The van der Waals surface area contributed by atoms with Gasteiger partial charge in [-0.05, 0) is 43.5 Å². The van der Waals surface area contributed by atoms with E-state index in [4.69, 9.17) is 14.2 Å². The van der Waals surface area contributed by atoms with Crippen molar-refractivity contribution in [2.24, 2.45) is 5.92 Å². The van der Waals surface area contributed by atoms with Crippen LogP contribution >= 0.6 is 0 Å². The fourth-order valence-corrected chi connectivity index (χ4v) is 5.29. The summed E-state index contributed by atoms with van der Waals surface area (Å²) < 4.78 is 31.3. The van der Waals surface area contributed by atoms with E-state index < -0.39 is 12.2 Å². The van der Waals surface area contributed by atoms with Crippen molar-refractivity contribution in [2.75, 3.05) is 25.1 Å². The van der Waals surface area contributed by atoms with Gasteiger partial charge in [0.25, 0.3) is 0 Å². The number of aliphatic hydroxyl groups is 1. The van der Waals surface area contributed by atoms with E-state index in [1.54, 1.807) is 18.2 Å². The Morgan fingerprint density at radius 3 is 2.69 bits per heavy atom. The molecular weight excluding hydrogens is 467 g/mol. The monoisotopic (exact) mass is 498 g/mol. The van der Waals surface area contributed by atoms with E-state index in [0.29, 0.717) is 49.5 Å². The Morgan fingerprint density at radius 2 is 1.92 bits per heavy atom. The molecule has 5 rings (SSSR count). The maximum atomic E-state index is 13.9. The van der Waals surface area contributed by atoms with Crippen LogP contribution in [0.4, 0.5) is 10.1 Å². The van der Waals surface area contributed by atoms with E-state index in [1.165, 1.54) is 6.07 Å². The molecule has 0 aliphatic carbocycles. The summed E-state index contributed by atoms with van der Waals surface area (Å²) in [5.74, 6) is -0.0938. The van der Waals surface area contributed by atoms with Gasteiger partial charge in [0, 0.05) is 48.4 Å². The molecular formula is C27H31FN2O6. The number of benzene rings is 2. The first-order valence-electron chi connectivity index (χ1n) is 12.5. The molecule has 3 aliphatic heterocycles. The van der Waals surface area contributed by atoms with Crippen molar-refractivity contribution in [2.45, 2.75) is 56.5 Å². The summed E-state index contributed by atoms with van der Waals surface area (Å²) in [6.07, 6.45) is 0.646. The van der Waals surface area contributed by atoms with Crippen molar-refractivity contribution in [3.8, 4) is 5.75 Å². The number of carbonyl (C=O) groups excluding carboxylic acids is 2. The zero-order valence-corrected chi connectivity index (χ0v) is 20.0. The highest BCUT2D eigenvalue weighted by atomic mass is 19.1. The molecule has 2 aromatic carbocycles. The van der Waals surface area contributed by atoms with Crippen LogP contribution in [0.15, 0.2) is 42.5 Å². The minimum Gasteiger partial charge on any atom is -0.487 e. The number of rotatable bonds is 7. The van der Waals surface area contributed by atoms with Crippen LogP contribution in [-0.2, 0) is 25.6 Å². The van der Waals surface area contributed by atoms with Gasteiger partial charge in [0.15, 0.2) is 0 Å². The Balaban J connectivity index is 1.24. The summed E-state index contributed by atoms with van der Waals surface area (Å²) in [6, 6.07) is 11.9. The molecule has 2 saturated heterocycles. The quantitative estimate of drug-likeness (QED) is 0.542. The molecule has 0 unspecified atom stereocenters. The van der Waals surface area contributed by atoms with Crippen LogP contribution in [0.3, 0.4) is 0 Å². The Bertz CT molecular complexity index is 1110. The highest BCUT2D eigenvalue weighted by Gasteiger charge is 2.46. The number of carbonyl (C=O) groups is 2. The molecule has 36 heavy (non-hydrogen) atoms. The number of nitrogens with one attached hydrogen (secondary N) is 2. The SMILES string of the molecule is O=C(C[C@@H]1C[C@@H]2c3cc(NC(=O)C4CCOCC4)ccc3O[C@@H]2[C@H](CO)O1)NCc1ccccc1F. The normalized spacial score (nSPS) is 25.4. The molecule has 4 atom stereocenters. The van der Waals surface area contributed by atoms with Crippen LogP contribution < -0.4 is 15.4 Å². The second kappa shape index (κ2) is 10.9. The lowest BCUT2D eigenvalue weighted by Gasteiger charge is -2.37. The lowest BCUT2D eigenvalue weighted by Crippen LogP contribution is -2.47. The standard InChI is InChI=1S/C27H31FN2O6/c28-22-4-2-1-3-17(22)14-29-25(32)13-19-12-21-20-11-18(30-27(33)16-7-9-34-10-8-16)5-6-23(20)36-26(21)24(15-31)35-19/h1-6,11,16,19,21,24,26,31H,7-10,12-15H2,(H,29,32)(H,30,33)/t19-,21+,24-,26-/m0/s1. The Hall–Kier alpha value is -3.01. The van der Waals surface area contributed by atoms with E-state index in [1.807, 2.05) is 18.2 Å². The van der Waals surface area contributed by atoms with Crippen molar-refractivity contribution in [3.63, 3.8) is 0 Å². The average molecular weight is 499 g/mol. The van der Waals surface area contributed by atoms with Gasteiger partial charge in [0.2, 0.25) is 11.8 Å². The molecule has 192 valence electrons. The number of anilines is 1. The van der Waals surface area contributed by atoms with E-state index in [0.717, 1.165) is 5.56 Å². The maximum Gasteiger partial charge on any atom is 0.227 e. The van der Waals surface area contributed by atoms with Gasteiger partial charge in [-0.15, -0.1) is 0 Å². The van der Waals surface area contributed by atoms with Crippen LogP contribution in [0, 0.1) is 11.7 Å². The van der Waals surface area contributed by atoms with E-state index in [2.05, 4.69) is 10.6 Å². The smallest absolute Gasteiger partial charge is 0.227 e. The molecule has 3 aliphatic rings. The summed E-state index contributed by atoms with van der Waals surface area (Å²) in [5.41, 5.74) is 2.04. The third-order valence-corrected chi connectivity index (χ3v) is 7.21. The summed E-state index contributed by atoms with van der Waals surface area (Å²) in [4.78, 5) is 25.3. The number of fused-ring (bicyclic) bond motifs is 3. The van der Waals surface area contributed by atoms with Gasteiger partial charge in [0.05, 0.1) is 19.1 Å². The van der Waals surface area contributed by atoms with Gasteiger partial charge in [0.1, 0.15) is 23.8 Å². The first kappa shape index (κ1) is 24.7. The van der Waals surface area contributed by atoms with Crippen molar-refractivity contribution in [1.82, 2.24) is 5.32 Å². The predicted octanol–water partition coefficient (Wildman–Crippen LogP) is 2.89. The largest absolute Gasteiger partial charge is 0.487 e. The molecule has 8 nitrogen and oxygen atoms in total. The molecule has 9 heteroatoms. The molecule has 0 spiro atoms. The van der Waals surface area contributed by atoms with Crippen molar-refractivity contribution in [1.29, 1.82) is 0 Å². The highest BCUT2D eigenvalue weighted by Crippen LogP contribution is 2.47. The van der Waals surface area contributed by atoms with Crippen LogP contribution in [0.25, 0.3) is 0 Å². The number of hydrogen-bond donors (Lipinski definition) is 3. The van der Waals surface area contributed by atoms with Crippen molar-refractivity contribution < 1.29 is 33.3 Å². The van der Waals surface area contributed by atoms with Gasteiger partial charge in [-0.1, -0.05) is 18.2 Å². The zero-order chi connectivity index (χ0) is 25.1. The minimum atomic E-state index is -0.583. The molecule has 2 amide bonds. The molecule has 3 heterocycles. The minimum absolute atomic E-state index is 0.0154. The second-order valence-electron chi connectivity index (χ2n) is 9.60. The van der Waals surface area contributed by atoms with Gasteiger partial charge in [-0.3, -0.25) is 9.59 Å². The Labute approximate surface area is 209 Å². The molecule has 0 saturated carbocycles. The zero-order valence-electron chi connectivity index (χ0n) is 20.0. The topological polar surface area (TPSA) is 106 Å². The Kier molecular flexibility index (Phi) is 7.50. The molecule has 2 fully saturated rings. The number of ether oxygens (including phenoxy) is 3. The fraction of sp³-hybridized carbons (Fsp3) is 0.481. The number of hydrogen-bond acceptors (Lipinski definition) is 6. The highest BCUT2D eigenvalue weighted by molar-refractivity contribution is 5.92. The van der Waals surface area contributed by atoms with Crippen LogP contribution in [-0.4, -0.2) is 55.1 Å². The lowest BCUT2D eigenvalue weighted by molar-refractivity contribution is -0.142. The molecule has 0 aromatic heterocycles. The number of amides is 2. The van der Waals surface area contributed by atoms with Crippen molar-refractivity contribution in [3.05, 3.63) is 59.4 Å². The number of aliphatic hydroxyl groups excluding tert-OH is 1. The third-order valence-electron chi connectivity index (χ3n) is 7.21. The van der Waals surface area contributed by atoms with Crippen LogP contribution in [0.1, 0.15) is 42.7 Å². The van der Waals surface area contributed by atoms with E-state index in [9.17, 15) is 19.1 Å². The number of halogens is 1. The van der Waals surface area contributed by atoms with E-state index >= 15 is 0 Å². The maximum absolute atomic E-state index is 13.9. The Morgan fingerprint density at radius 1 is 1.11 bits per heavy atom. The molecule has 2 aromatic rings. The summed E-state index contributed by atoms with van der Waals surface area (Å²) in [7, 11) is 0. The first-order chi connectivity index (χ1) is 17.5. The van der Waals surface area contributed by atoms with Gasteiger partial charge < -0.3 is 30.0 Å². The summed E-state index contributed by atoms with van der Waals surface area (Å²) >= 11 is 0. The predicted molar refractivity (Wildman–Crippen MR) is 129 cm³/mol. The van der Waals surface area contributed by atoms with Crippen molar-refractivity contribution >= 4 is 17.5 Å². The van der Waals surface area contributed by atoms with Crippen LogP contribution in [0.5, 0.6) is 5.75 Å². The lowest BCUT2D eigenvalue weighted by atomic mass is 9.84. The van der Waals surface area contributed by atoms with Gasteiger partial charge in [-0.25, -0.2) is 4.39 Å². The van der Waals surface area contributed by atoms with Gasteiger partial charge in [-0.2, -0.15) is 0 Å². The molecule has 0 bridgehead atoms. The molecule has 0 radical (unpaired) electrons. The summed E-state index contributed by atoms with van der Waals surface area (Å²) in [5, 5.41) is 15.7. The molecule has 3 N–H and O–H groups in total.